The Balaban J connectivity index is 2.13. The molecule has 1 aromatic rings. The monoisotopic (exact) mass is 446 g/mol. The molecule has 0 spiro atoms. The summed E-state index contributed by atoms with van der Waals surface area (Å²) in [5.74, 6) is -1.30. The van der Waals surface area contributed by atoms with E-state index in [1.807, 2.05) is 0 Å². The highest BCUT2D eigenvalue weighted by atomic mass is 35.5. The van der Waals surface area contributed by atoms with Gasteiger partial charge in [-0.25, -0.2) is 8.42 Å². The third-order valence-electron chi connectivity index (χ3n) is 4.69. The Bertz CT molecular complexity index is 799. The lowest BCUT2D eigenvalue weighted by Crippen LogP contribution is -2.48. The maximum atomic E-state index is 13.0. The molecule has 1 aromatic carbocycles. The highest BCUT2D eigenvalue weighted by molar-refractivity contribution is 7.89. The van der Waals surface area contributed by atoms with E-state index in [9.17, 15) is 18.0 Å². The van der Waals surface area contributed by atoms with Crippen molar-refractivity contribution in [3.8, 4) is 0 Å². The van der Waals surface area contributed by atoms with Gasteiger partial charge in [0, 0.05) is 31.8 Å². The van der Waals surface area contributed by atoms with Crippen LogP contribution in [0.5, 0.6) is 0 Å². The summed E-state index contributed by atoms with van der Waals surface area (Å²) < 4.78 is 37.2. The van der Waals surface area contributed by atoms with E-state index in [0.717, 1.165) is 0 Å². The molecule has 1 saturated heterocycles. The average molecular weight is 447 g/mol. The Morgan fingerprint density at radius 1 is 1.28 bits per heavy atom. The molecule has 0 aromatic heterocycles. The summed E-state index contributed by atoms with van der Waals surface area (Å²) >= 11 is 5.85. The molecular formula is C19H27ClN2O6S. The molecule has 1 amide bonds. The number of rotatable bonds is 9. The van der Waals surface area contributed by atoms with Crippen LogP contribution in [0, 0.1) is 5.92 Å². The standard InChI is InChI=1S/C19H27ClN2O6S/c1-3-28-18(23)14-21(11-12-27-2)19(24)15-5-4-10-22(13-15)29(25,26)17-8-6-16(20)7-9-17/h6-9,15H,3-5,10-14H2,1-2H3. The van der Waals surface area contributed by atoms with Gasteiger partial charge in [0.1, 0.15) is 6.54 Å². The zero-order valence-electron chi connectivity index (χ0n) is 16.7. The Kier molecular flexibility index (Phi) is 8.88. The van der Waals surface area contributed by atoms with Gasteiger partial charge in [-0.2, -0.15) is 4.31 Å². The Morgan fingerprint density at radius 2 is 1.97 bits per heavy atom. The van der Waals surface area contributed by atoms with E-state index in [1.54, 1.807) is 6.92 Å². The van der Waals surface area contributed by atoms with E-state index in [-0.39, 0.29) is 43.7 Å². The second kappa shape index (κ2) is 10.9. The minimum atomic E-state index is -3.73. The Labute approximate surface area is 176 Å². The lowest BCUT2D eigenvalue weighted by atomic mass is 9.98. The second-order valence-corrected chi connectivity index (χ2v) is 9.09. The minimum Gasteiger partial charge on any atom is -0.465 e. The molecule has 0 bridgehead atoms. The van der Waals surface area contributed by atoms with Gasteiger partial charge in [0.25, 0.3) is 0 Å². The summed E-state index contributed by atoms with van der Waals surface area (Å²) in [6.07, 6.45) is 1.11. The first kappa shape index (κ1) is 23.6. The number of hydrogen-bond donors (Lipinski definition) is 0. The first-order valence-corrected chi connectivity index (χ1v) is 11.3. The van der Waals surface area contributed by atoms with E-state index >= 15 is 0 Å². The van der Waals surface area contributed by atoms with Gasteiger partial charge in [-0.1, -0.05) is 11.6 Å². The van der Waals surface area contributed by atoms with Crippen LogP contribution in [0.25, 0.3) is 0 Å². The lowest BCUT2D eigenvalue weighted by Gasteiger charge is -2.34. The quantitative estimate of drug-likeness (QED) is 0.537. The van der Waals surface area contributed by atoms with E-state index in [0.29, 0.717) is 24.4 Å². The summed E-state index contributed by atoms with van der Waals surface area (Å²) in [6.45, 7) is 2.64. The van der Waals surface area contributed by atoms with Crippen LogP contribution in [-0.4, -0.2) is 76.0 Å². The van der Waals surface area contributed by atoms with Crippen LogP contribution in [0.15, 0.2) is 29.2 Å². The fourth-order valence-corrected chi connectivity index (χ4v) is 4.86. The van der Waals surface area contributed by atoms with Crippen LogP contribution >= 0.6 is 11.6 Å². The molecule has 29 heavy (non-hydrogen) atoms. The predicted molar refractivity (Wildman–Crippen MR) is 108 cm³/mol. The lowest BCUT2D eigenvalue weighted by molar-refractivity contribution is -0.151. The number of sulfonamides is 1. The Morgan fingerprint density at radius 3 is 2.59 bits per heavy atom. The van der Waals surface area contributed by atoms with Gasteiger partial charge in [0.2, 0.25) is 15.9 Å². The number of amides is 1. The SMILES string of the molecule is CCOC(=O)CN(CCOC)C(=O)C1CCCN(S(=O)(=O)c2ccc(Cl)cc2)C1. The Hall–Kier alpha value is -1.68. The number of nitrogens with zero attached hydrogens (tertiary/aromatic N) is 2. The van der Waals surface area contributed by atoms with E-state index in [4.69, 9.17) is 21.1 Å². The normalized spacial score (nSPS) is 17.7. The number of piperidine rings is 1. The average Bonchev–Trinajstić information content (AvgIpc) is 2.71. The molecule has 1 aliphatic heterocycles. The molecule has 0 saturated carbocycles. The van der Waals surface area contributed by atoms with Crippen molar-refractivity contribution in [2.24, 2.45) is 5.92 Å². The van der Waals surface area contributed by atoms with Gasteiger partial charge < -0.3 is 14.4 Å². The molecule has 1 unspecified atom stereocenters. The third-order valence-corrected chi connectivity index (χ3v) is 6.82. The maximum Gasteiger partial charge on any atom is 0.325 e. The molecule has 0 aliphatic carbocycles. The maximum absolute atomic E-state index is 13.0. The summed E-state index contributed by atoms with van der Waals surface area (Å²) in [5.41, 5.74) is 0. The molecule has 1 heterocycles. The van der Waals surface area contributed by atoms with Crippen molar-refractivity contribution in [2.75, 3.05) is 46.5 Å². The number of benzene rings is 1. The highest BCUT2D eigenvalue weighted by Crippen LogP contribution is 2.26. The third kappa shape index (κ3) is 6.40. The van der Waals surface area contributed by atoms with Crippen LogP contribution in [-0.2, 0) is 29.1 Å². The molecule has 0 radical (unpaired) electrons. The molecular weight excluding hydrogens is 420 g/mol. The van der Waals surface area contributed by atoms with Crippen LogP contribution in [0.3, 0.4) is 0 Å². The molecule has 0 N–H and O–H groups in total. The fraction of sp³-hybridized carbons (Fsp3) is 0.579. The van der Waals surface area contributed by atoms with Crippen molar-refractivity contribution in [1.82, 2.24) is 9.21 Å². The van der Waals surface area contributed by atoms with Gasteiger partial charge in [0.05, 0.1) is 24.0 Å². The van der Waals surface area contributed by atoms with E-state index < -0.39 is 21.9 Å². The largest absolute Gasteiger partial charge is 0.465 e. The number of ether oxygens (including phenoxy) is 2. The smallest absolute Gasteiger partial charge is 0.325 e. The van der Waals surface area contributed by atoms with Gasteiger partial charge in [0.15, 0.2) is 0 Å². The van der Waals surface area contributed by atoms with Gasteiger partial charge in [-0.15, -0.1) is 0 Å². The topological polar surface area (TPSA) is 93.2 Å². The van der Waals surface area contributed by atoms with Crippen molar-refractivity contribution >= 4 is 33.5 Å². The predicted octanol–water partition coefficient (Wildman–Crippen LogP) is 1.78. The second-order valence-electron chi connectivity index (χ2n) is 6.71. The molecule has 162 valence electrons. The van der Waals surface area contributed by atoms with Crippen molar-refractivity contribution in [2.45, 2.75) is 24.7 Å². The van der Waals surface area contributed by atoms with Gasteiger partial charge >= 0.3 is 5.97 Å². The van der Waals surface area contributed by atoms with Crippen LogP contribution < -0.4 is 0 Å². The van der Waals surface area contributed by atoms with Crippen LogP contribution in [0.1, 0.15) is 19.8 Å². The first-order chi connectivity index (χ1) is 13.8. The molecule has 1 aliphatic rings. The number of esters is 1. The van der Waals surface area contributed by atoms with E-state index in [2.05, 4.69) is 0 Å². The number of carbonyl (C=O) groups is 2. The fourth-order valence-electron chi connectivity index (χ4n) is 3.21. The van der Waals surface area contributed by atoms with E-state index in [1.165, 1.54) is 40.6 Å². The van der Waals surface area contributed by atoms with Crippen molar-refractivity contribution in [3.63, 3.8) is 0 Å². The molecule has 10 heteroatoms. The number of hydrogen-bond acceptors (Lipinski definition) is 6. The van der Waals surface area contributed by atoms with Crippen LogP contribution in [0.2, 0.25) is 5.02 Å². The number of methoxy groups -OCH3 is 1. The van der Waals surface area contributed by atoms with Gasteiger partial charge in [-0.05, 0) is 44.0 Å². The summed E-state index contributed by atoms with van der Waals surface area (Å²) in [7, 11) is -2.22. The molecule has 1 atom stereocenters. The molecule has 2 rings (SSSR count). The zero-order chi connectivity index (χ0) is 21.4. The van der Waals surface area contributed by atoms with Crippen LogP contribution in [0.4, 0.5) is 0 Å². The number of carbonyl (C=O) groups excluding carboxylic acids is 2. The van der Waals surface area contributed by atoms with Crippen molar-refractivity contribution < 1.29 is 27.5 Å². The molecule has 8 nitrogen and oxygen atoms in total. The van der Waals surface area contributed by atoms with Crippen molar-refractivity contribution in [1.29, 1.82) is 0 Å². The van der Waals surface area contributed by atoms with Gasteiger partial charge in [-0.3, -0.25) is 9.59 Å². The number of halogens is 1. The highest BCUT2D eigenvalue weighted by Gasteiger charge is 2.35. The summed E-state index contributed by atoms with van der Waals surface area (Å²) in [5, 5.41) is 0.448. The first-order valence-electron chi connectivity index (χ1n) is 9.48. The molecule has 1 fully saturated rings. The zero-order valence-corrected chi connectivity index (χ0v) is 18.2. The summed E-state index contributed by atoms with van der Waals surface area (Å²) in [6, 6.07) is 5.95. The minimum absolute atomic E-state index is 0.0656. The van der Waals surface area contributed by atoms with Crippen molar-refractivity contribution in [3.05, 3.63) is 29.3 Å². The summed E-state index contributed by atoms with van der Waals surface area (Å²) in [4.78, 5) is 26.4.